The lowest BCUT2D eigenvalue weighted by molar-refractivity contribution is 0.0280. The summed E-state index contributed by atoms with van der Waals surface area (Å²) in [6.07, 6.45) is 3.61. The van der Waals surface area contributed by atoms with E-state index < -0.39 is 0 Å². The summed E-state index contributed by atoms with van der Waals surface area (Å²) in [4.78, 5) is 0. The molecule has 108 valence electrons. The van der Waals surface area contributed by atoms with Gasteiger partial charge in [0.25, 0.3) is 0 Å². The molecular formula is C17H29NO. The number of hydrogen-bond acceptors (Lipinski definition) is 2. The van der Waals surface area contributed by atoms with Crippen LogP contribution in [0.15, 0.2) is 24.3 Å². The van der Waals surface area contributed by atoms with Crippen molar-refractivity contribution in [1.29, 1.82) is 0 Å². The summed E-state index contributed by atoms with van der Waals surface area (Å²) in [5, 5.41) is 3.58. The van der Waals surface area contributed by atoms with Crippen molar-refractivity contribution in [2.75, 3.05) is 13.2 Å². The Labute approximate surface area is 118 Å². The van der Waals surface area contributed by atoms with Gasteiger partial charge in [-0.25, -0.2) is 0 Å². The normalized spacial score (nSPS) is 14.3. The van der Waals surface area contributed by atoms with Gasteiger partial charge in [0.15, 0.2) is 0 Å². The fourth-order valence-corrected chi connectivity index (χ4v) is 2.49. The minimum Gasteiger partial charge on any atom is -0.377 e. The highest BCUT2D eigenvalue weighted by Gasteiger charge is 2.21. The van der Waals surface area contributed by atoms with E-state index >= 15 is 0 Å². The standard InChI is InChI=1S/C17H29NO/c1-5-9-16(19-8-4)17(18-7-3)15-12-10-14(6-2)11-13-15/h10-13,16-18H,5-9H2,1-4H3. The highest BCUT2D eigenvalue weighted by molar-refractivity contribution is 5.26. The first-order valence-corrected chi connectivity index (χ1v) is 7.70. The molecule has 0 fully saturated rings. The van der Waals surface area contributed by atoms with Crippen LogP contribution in [0, 0.1) is 0 Å². The van der Waals surface area contributed by atoms with Crippen molar-refractivity contribution in [2.24, 2.45) is 0 Å². The van der Waals surface area contributed by atoms with Gasteiger partial charge in [-0.05, 0) is 37.4 Å². The molecule has 0 aliphatic carbocycles. The van der Waals surface area contributed by atoms with Gasteiger partial charge in [-0.1, -0.05) is 51.5 Å². The van der Waals surface area contributed by atoms with Gasteiger partial charge in [-0.15, -0.1) is 0 Å². The summed E-state index contributed by atoms with van der Waals surface area (Å²) in [6, 6.07) is 9.25. The zero-order valence-corrected chi connectivity index (χ0v) is 12.9. The van der Waals surface area contributed by atoms with Crippen molar-refractivity contribution in [3.63, 3.8) is 0 Å². The third-order valence-electron chi connectivity index (χ3n) is 3.50. The van der Waals surface area contributed by atoms with Crippen molar-refractivity contribution < 1.29 is 4.74 Å². The Morgan fingerprint density at radius 2 is 1.74 bits per heavy atom. The summed E-state index contributed by atoms with van der Waals surface area (Å²) in [5.41, 5.74) is 2.73. The molecule has 1 N–H and O–H groups in total. The maximum atomic E-state index is 5.95. The maximum Gasteiger partial charge on any atom is 0.0769 e. The van der Waals surface area contributed by atoms with Crippen LogP contribution in [0.2, 0.25) is 0 Å². The van der Waals surface area contributed by atoms with Gasteiger partial charge < -0.3 is 10.1 Å². The van der Waals surface area contributed by atoms with Gasteiger partial charge in [0.1, 0.15) is 0 Å². The molecular weight excluding hydrogens is 234 g/mol. The fraction of sp³-hybridized carbons (Fsp3) is 0.647. The molecule has 2 nitrogen and oxygen atoms in total. The van der Waals surface area contributed by atoms with Gasteiger partial charge >= 0.3 is 0 Å². The second-order valence-corrected chi connectivity index (χ2v) is 4.91. The van der Waals surface area contributed by atoms with Gasteiger partial charge in [0.05, 0.1) is 12.1 Å². The Hall–Kier alpha value is -0.860. The average molecular weight is 263 g/mol. The number of aryl methyl sites for hydroxylation is 1. The fourth-order valence-electron chi connectivity index (χ4n) is 2.49. The molecule has 1 aromatic rings. The Kier molecular flexibility index (Phi) is 7.76. The highest BCUT2D eigenvalue weighted by atomic mass is 16.5. The van der Waals surface area contributed by atoms with E-state index in [2.05, 4.69) is 57.3 Å². The van der Waals surface area contributed by atoms with Crippen LogP contribution in [0.4, 0.5) is 0 Å². The number of nitrogens with one attached hydrogen (secondary N) is 1. The molecule has 0 saturated heterocycles. The van der Waals surface area contributed by atoms with Crippen LogP contribution in [0.25, 0.3) is 0 Å². The lowest BCUT2D eigenvalue weighted by atomic mass is 9.96. The average Bonchev–Trinajstić information content (AvgIpc) is 2.45. The SMILES string of the molecule is CCCC(OCC)C(NCC)c1ccc(CC)cc1. The molecule has 0 aliphatic heterocycles. The molecule has 0 amide bonds. The van der Waals surface area contributed by atoms with Crippen molar-refractivity contribution in [2.45, 2.75) is 59.1 Å². The Morgan fingerprint density at radius 1 is 1.05 bits per heavy atom. The van der Waals surface area contributed by atoms with E-state index in [4.69, 9.17) is 4.74 Å². The third kappa shape index (κ3) is 4.96. The van der Waals surface area contributed by atoms with Crippen LogP contribution in [0.1, 0.15) is 57.7 Å². The van der Waals surface area contributed by atoms with Crippen molar-refractivity contribution >= 4 is 0 Å². The zero-order chi connectivity index (χ0) is 14.1. The molecule has 1 aromatic carbocycles. The highest BCUT2D eigenvalue weighted by Crippen LogP contribution is 2.23. The molecule has 0 spiro atoms. The van der Waals surface area contributed by atoms with Gasteiger partial charge in [0.2, 0.25) is 0 Å². The monoisotopic (exact) mass is 263 g/mol. The summed E-state index contributed by atoms with van der Waals surface area (Å²) < 4.78 is 5.95. The van der Waals surface area contributed by atoms with E-state index in [0.29, 0.717) is 6.04 Å². The lowest BCUT2D eigenvalue weighted by Crippen LogP contribution is -2.34. The second-order valence-electron chi connectivity index (χ2n) is 4.91. The number of ether oxygens (including phenoxy) is 1. The van der Waals surface area contributed by atoms with Gasteiger partial charge in [0, 0.05) is 6.61 Å². The quantitative estimate of drug-likeness (QED) is 0.724. The summed E-state index contributed by atoms with van der Waals surface area (Å²) in [5.74, 6) is 0. The summed E-state index contributed by atoms with van der Waals surface area (Å²) in [7, 11) is 0. The van der Waals surface area contributed by atoms with Crippen LogP contribution in [-0.4, -0.2) is 19.3 Å². The number of rotatable bonds is 9. The predicted molar refractivity (Wildman–Crippen MR) is 82.6 cm³/mol. The van der Waals surface area contributed by atoms with E-state index in [1.807, 2.05) is 0 Å². The topological polar surface area (TPSA) is 21.3 Å². The molecule has 2 heteroatoms. The molecule has 0 radical (unpaired) electrons. The molecule has 1 rings (SSSR count). The largest absolute Gasteiger partial charge is 0.377 e. The van der Waals surface area contributed by atoms with E-state index in [1.165, 1.54) is 11.1 Å². The number of hydrogen-bond donors (Lipinski definition) is 1. The molecule has 0 bridgehead atoms. The minimum atomic E-state index is 0.266. The molecule has 0 aliphatic rings. The molecule has 2 atom stereocenters. The van der Waals surface area contributed by atoms with E-state index in [0.717, 1.165) is 32.4 Å². The van der Waals surface area contributed by atoms with Crippen LogP contribution in [0.3, 0.4) is 0 Å². The molecule has 2 unspecified atom stereocenters. The number of benzene rings is 1. The van der Waals surface area contributed by atoms with Crippen molar-refractivity contribution in [3.05, 3.63) is 35.4 Å². The number of likely N-dealkylation sites (N-methyl/N-ethyl adjacent to an activating group) is 1. The smallest absolute Gasteiger partial charge is 0.0769 e. The third-order valence-corrected chi connectivity index (χ3v) is 3.50. The van der Waals surface area contributed by atoms with E-state index in [1.54, 1.807) is 0 Å². The van der Waals surface area contributed by atoms with Crippen LogP contribution in [-0.2, 0) is 11.2 Å². The maximum absolute atomic E-state index is 5.95. The van der Waals surface area contributed by atoms with Crippen LogP contribution >= 0.6 is 0 Å². The predicted octanol–water partition coefficient (Wildman–Crippen LogP) is 4.10. The first-order valence-electron chi connectivity index (χ1n) is 7.70. The molecule has 19 heavy (non-hydrogen) atoms. The Morgan fingerprint density at radius 3 is 2.21 bits per heavy atom. The first kappa shape index (κ1) is 16.2. The van der Waals surface area contributed by atoms with E-state index in [9.17, 15) is 0 Å². The molecule has 0 heterocycles. The Bertz CT molecular complexity index is 328. The van der Waals surface area contributed by atoms with Crippen LogP contribution in [0.5, 0.6) is 0 Å². The lowest BCUT2D eigenvalue weighted by Gasteiger charge is -2.28. The summed E-state index contributed by atoms with van der Waals surface area (Å²) >= 11 is 0. The zero-order valence-electron chi connectivity index (χ0n) is 12.9. The minimum absolute atomic E-state index is 0.266. The van der Waals surface area contributed by atoms with Crippen LogP contribution < -0.4 is 5.32 Å². The molecule has 0 aromatic heterocycles. The second kappa shape index (κ2) is 9.11. The Balaban J connectivity index is 2.88. The summed E-state index contributed by atoms with van der Waals surface area (Å²) in [6.45, 7) is 10.4. The van der Waals surface area contributed by atoms with Gasteiger partial charge in [-0.3, -0.25) is 0 Å². The first-order chi connectivity index (χ1) is 9.26. The molecule has 0 saturated carbocycles. The van der Waals surface area contributed by atoms with E-state index in [-0.39, 0.29) is 6.10 Å². The van der Waals surface area contributed by atoms with Gasteiger partial charge in [-0.2, -0.15) is 0 Å². The van der Waals surface area contributed by atoms with Crippen molar-refractivity contribution in [3.8, 4) is 0 Å². The van der Waals surface area contributed by atoms with Crippen molar-refractivity contribution in [1.82, 2.24) is 5.32 Å².